The number of hydrogen-bond donors (Lipinski definition) is 0. The fraction of sp³-hybridized carbons (Fsp3) is 0.103. The number of anilines is 6. The van der Waals surface area contributed by atoms with Crippen molar-refractivity contribution in [2.45, 2.75) is 38.0 Å². The molecule has 0 spiro atoms. The second-order valence-corrected chi connectivity index (χ2v) is 16.0. The van der Waals surface area contributed by atoms with E-state index in [1.807, 2.05) is 0 Å². The third-order valence-electron chi connectivity index (χ3n) is 12.3. The van der Waals surface area contributed by atoms with Gasteiger partial charge in [-0.15, -0.1) is 0 Å². The molecule has 1 saturated carbocycles. The molecule has 1 aliphatic rings. The van der Waals surface area contributed by atoms with Gasteiger partial charge in [0, 0.05) is 33.9 Å². The molecule has 2 heteroatoms. The first-order valence-corrected chi connectivity index (χ1v) is 21.5. The van der Waals surface area contributed by atoms with Crippen molar-refractivity contribution in [3.05, 3.63) is 230 Å². The Morgan fingerprint density at radius 1 is 0.317 bits per heavy atom. The summed E-state index contributed by atoms with van der Waals surface area (Å²) >= 11 is 0. The molecule has 10 rings (SSSR count). The van der Waals surface area contributed by atoms with E-state index in [2.05, 4.69) is 234 Å². The second kappa shape index (κ2) is 17.0. The van der Waals surface area contributed by atoms with Crippen LogP contribution in [0.4, 0.5) is 34.1 Å². The van der Waals surface area contributed by atoms with E-state index in [9.17, 15) is 0 Å². The number of hydrogen-bond acceptors (Lipinski definition) is 2. The first-order chi connectivity index (χ1) is 29.8. The Labute approximate surface area is 354 Å². The normalized spacial score (nSPS) is 12.9. The zero-order valence-corrected chi connectivity index (χ0v) is 33.9. The van der Waals surface area contributed by atoms with E-state index in [1.165, 1.54) is 81.8 Å². The monoisotopic (exact) mass is 772 g/mol. The van der Waals surface area contributed by atoms with Gasteiger partial charge in [0.25, 0.3) is 0 Å². The summed E-state index contributed by atoms with van der Waals surface area (Å²) in [7, 11) is 0. The van der Waals surface area contributed by atoms with Crippen LogP contribution < -0.4 is 9.80 Å². The molecule has 9 aromatic rings. The lowest BCUT2D eigenvalue weighted by molar-refractivity contribution is 0.443. The lowest BCUT2D eigenvalue weighted by Crippen LogP contribution is -2.13. The first kappa shape index (κ1) is 37.1. The molecule has 0 atom stereocenters. The average Bonchev–Trinajstić information content (AvgIpc) is 3.33. The Balaban J connectivity index is 1.04. The van der Waals surface area contributed by atoms with Gasteiger partial charge >= 0.3 is 0 Å². The Bertz CT molecular complexity index is 2770. The number of para-hydroxylation sites is 3. The molecule has 0 heterocycles. The van der Waals surface area contributed by atoms with Crippen molar-refractivity contribution in [2.24, 2.45) is 0 Å². The minimum Gasteiger partial charge on any atom is -0.311 e. The fourth-order valence-electron chi connectivity index (χ4n) is 9.25. The maximum atomic E-state index is 2.49. The molecule has 290 valence electrons. The predicted molar refractivity (Wildman–Crippen MR) is 255 cm³/mol. The van der Waals surface area contributed by atoms with Gasteiger partial charge in [0.15, 0.2) is 0 Å². The van der Waals surface area contributed by atoms with E-state index >= 15 is 0 Å². The molecule has 0 bridgehead atoms. The summed E-state index contributed by atoms with van der Waals surface area (Å²) in [6.07, 6.45) is 6.59. The highest BCUT2D eigenvalue weighted by atomic mass is 15.2. The molecular weight excluding hydrogens is 725 g/mol. The molecule has 60 heavy (non-hydrogen) atoms. The number of nitrogens with zero attached hydrogens (tertiary/aromatic N) is 2. The van der Waals surface area contributed by atoms with Crippen LogP contribution in [0.15, 0.2) is 224 Å². The van der Waals surface area contributed by atoms with Crippen LogP contribution in [0.3, 0.4) is 0 Å². The largest absolute Gasteiger partial charge is 0.311 e. The third kappa shape index (κ3) is 7.49. The molecule has 0 N–H and O–H groups in total. The first-order valence-electron chi connectivity index (χ1n) is 21.5. The maximum absolute atomic E-state index is 2.49. The van der Waals surface area contributed by atoms with E-state index in [0.29, 0.717) is 5.92 Å². The van der Waals surface area contributed by atoms with Gasteiger partial charge in [-0.1, -0.05) is 183 Å². The molecule has 0 amide bonds. The number of benzene rings is 9. The van der Waals surface area contributed by atoms with E-state index in [1.54, 1.807) is 0 Å². The van der Waals surface area contributed by atoms with Crippen LogP contribution in [0.2, 0.25) is 0 Å². The van der Waals surface area contributed by atoms with Gasteiger partial charge < -0.3 is 9.80 Å². The lowest BCUT2D eigenvalue weighted by Gasteiger charge is -2.31. The lowest BCUT2D eigenvalue weighted by atomic mass is 9.84. The molecule has 2 nitrogen and oxygen atoms in total. The predicted octanol–water partition coefficient (Wildman–Crippen LogP) is 16.8. The molecular formula is C58H48N2. The zero-order chi connectivity index (χ0) is 40.1. The van der Waals surface area contributed by atoms with Crippen LogP contribution in [0, 0.1) is 0 Å². The Morgan fingerprint density at radius 2 is 0.817 bits per heavy atom. The Morgan fingerprint density at radius 3 is 1.48 bits per heavy atom. The van der Waals surface area contributed by atoms with E-state index in [0.717, 1.165) is 34.1 Å². The molecule has 1 aliphatic carbocycles. The van der Waals surface area contributed by atoms with Crippen molar-refractivity contribution in [1.29, 1.82) is 0 Å². The fourth-order valence-corrected chi connectivity index (χ4v) is 9.25. The van der Waals surface area contributed by atoms with Gasteiger partial charge in [0.2, 0.25) is 0 Å². The number of rotatable bonds is 10. The Kier molecular flexibility index (Phi) is 10.5. The van der Waals surface area contributed by atoms with E-state index in [-0.39, 0.29) is 0 Å². The molecule has 0 aliphatic heterocycles. The van der Waals surface area contributed by atoms with Crippen molar-refractivity contribution in [1.82, 2.24) is 0 Å². The van der Waals surface area contributed by atoms with E-state index < -0.39 is 0 Å². The minimum atomic E-state index is 0.649. The van der Waals surface area contributed by atoms with Crippen molar-refractivity contribution < 1.29 is 0 Å². The minimum absolute atomic E-state index is 0.649. The highest BCUT2D eigenvalue weighted by molar-refractivity contribution is 6.06. The zero-order valence-electron chi connectivity index (χ0n) is 33.9. The molecule has 1 fully saturated rings. The quantitative estimate of drug-likeness (QED) is 0.137. The Hall–Kier alpha value is -7.16. The van der Waals surface area contributed by atoms with Crippen LogP contribution in [-0.2, 0) is 0 Å². The summed E-state index contributed by atoms with van der Waals surface area (Å²) < 4.78 is 0. The highest BCUT2D eigenvalue weighted by Crippen LogP contribution is 2.48. The summed E-state index contributed by atoms with van der Waals surface area (Å²) in [4.78, 5) is 4.80. The van der Waals surface area contributed by atoms with Crippen molar-refractivity contribution >= 4 is 44.9 Å². The van der Waals surface area contributed by atoms with Crippen LogP contribution in [0.1, 0.15) is 43.6 Å². The molecule has 0 aromatic heterocycles. The van der Waals surface area contributed by atoms with Gasteiger partial charge in [-0.05, 0) is 118 Å². The van der Waals surface area contributed by atoms with Crippen LogP contribution >= 0.6 is 0 Å². The van der Waals surface area contributed by atoms with E-state index in [4.69, 9.17) is 0 Å². The molecule has 0 saturated heterocycles. The number of fused-ring (bicyclic) bond motifs is 1. The van der Waals surface area contributed by atoms with Gasteiger partial charge in [0.05, 0.1) is 11.4 Å². The van der Waals surface area contributed by atoms with Crippen molar-refractivity contribution in [3.63, 3.8) is 0 Å². The summed E-state index contributed by atoms with van der Waals surface area (Å²) in [5, 5.41) is 2.48. The van der Waals surface area contributed by atoms with Crippen LogP contribution in [0.5, 0.6) is 0 Å². The summed E-state index contributed by atoms with van der Waals surface area (Å²) in [5.74, 6) is 0.649. The van der Waals surface area contributed by atoms with Gasteiger partial charge in [-0.2, -0.15) is 0 Å². The maximum Gasteiger partial charge on any atom is 0.0546 e. The third-order valence-corrected chi connectivity index (χ3v) is 12.3. The standard InChI is InChI=1S/C58H48N2/c1-5-17-43(18-6-1)45-35-40-53(41-36-45)60(57-42-37-47-19-13-14-27-55(47)58(57)49-20-7-2-8-21-49)56-28-16-15-26-54(56)48-31-29-44(30-32-48)46-33-38-52(39-34-46)59(50-22-9-3-10-23-50)51-24-11-4-12-25-51/h2-4,7-16,19-43H,1,5-6,17-18H2. The van der Waals surface area contributed by atoms with Crippen molar-refractivity contribution in [3.8, 4) is 33.4 Å². The summed E-state index contributed by atoms with van der Waals surface area (Å²) in [6, 6.07) is 81.8. The molecule has 9 aromatic carbocycles. The van der Waals surface area contributed by atoms with Crippen LogP contribution in [0.25, 0.3) is 44.2 Å². The smallest absolute Gasteiger partial charge is 0.0546 e. The molecule has 0 unspecified atom stereocenters. The van der Waals surface area contributed by atoms with Crippen LogP contribution in [-0.4, -0.2) is 0 Å². The average molecular weight is 773 g/mol. The topological polar surface area (TPSA) is 6.48 Å². The second-order valence-electron chi connectivity index (χ2n) is 16.0. The van der Waals surface area contributed by atoms with Crippen molar-refractivity contribution in [2.75, 3.05) is 9.80 Å². The van der Waals surface area contributed by atoms with Gasteiger partial charge in [-0.25, -0.2) is 0 Å². The highest BCUT2D eigenvalue weighted by Gasteiger charge is 2.23. The summed E-state index contributed by atoms with van der Waals surface area (Å²) in [6.45, 7) is 0. The van der Waals surface area contributed by atoms with Gasteiger partial charge in [0.1, 0.15) is 0 Å². The molecule has 0 radical (unpaired) electrons. The van der Waals surface area contributed by atoms with Gasteiger partial charge in [-0.3, -0.25) is 0 Å². The SMILES string of the molecule is c1ccc(-c2c(N(c3ccc(C4CCCCC4)cc3)c3ccccc3-c3ccc(-c4ccc(N(c5ccccc5)c5ccccc5)cc4)cc3)ccc3ccccc23)cc1. The summed E-state index contributed by atoms with van der Waals surface area (Å²) in [5.41, 5.74) is 15.5.